The summed E-state index contributed by atoms with van der Waals surface area (Å²) in [7, 11) is 0. The molecule has 3 aromatic rings. The van der Waals surface area contributed by atoms with Crippen LogP contribution >= 0.6 is 0 Å². The van der Waals surface area contributed by atoms with Gasteiger partial charge in [0.15, 0.2) is 6.10 Å². The van der Waals surface area contributed by atoms with Gasteiger partial charge in [-0.3, -0.25) is 4.79 Å². The van der Waals surface area contributed by atoms with Crippen LogP contribution in [0.15, 0.2) is 78.9 Å². The maximum Gasteiger partial charge on any atom is 0.260 e. The van der Waals surface area contributed by atoms with Gasteiger partial charge >= 0.3 is 0 Å². The minimum absolute atomic E-state index is 0.0146. The molecule has 0 fully saturated rings. The number of aliphatic hydroxyl groups excluding tert-OH is 1. The van der Waals surface area contributed by atoms with Crippen molar-refractivity contribution in [2.75, 3.05) is 13.2 Å². The van der Waals surface area contributed by atoms with E-state index in [2.05, 4.69) is 5.32 Å². The highest BCUT2D eigenvalue weighted by atomic mass is 19.1. The van der Waals surface area contributed by atoms with Crippen LogP contribution in [0.25, 0.3) is 11.1 Å². The Bertz CT molecular complexity index is 930. The Morgan fingerprint density at radius 2 is 1.53 bits per heavy atom. The molecule has 3 rings (SSSR count). The first-order chi connectivity index (χ1) is 14.5. The third-order valence-electron chi connectivity index (χ3n) is 4.41. The average Bonchev–Trinajstić information content (AvgIpc) is 2.78. The number of carbonyl (C=O) groups is 1. The molecule has 2 N–H and O–H groups in total. The third kappa shape index (κ3) is 6.32. The molecule has 5 nitrogen and oxygen atoms in total. The molecule has 2 atom stereocenters. The van der Waals surface area contributed by atoms with Gasteiger partial charge in [-0.1, -0.05) is 42.5 Å². The van der Waals surface area contributed by atoms with Crippen LogP contribution in [0, 0.1) is 5.82 Å². The van der Waals surface area contributed by atoms with Crippen molar-refractivity contribution >= 4 is 5.91 Å². The van der Waals surface area contributed by atoms with Gasteiger partial charge in [-0.25, -0.2) is 4.39 Å². The van der Waals surface area contributed by atoms with Gasteiger partial charge in [0.05, 0.1) is 0 Å². The van der Waals surface area contributed by atoms with E-state index >= 15 is 0 Å². The lowest BCUT2D eigenvalue weighted by atomic mass is 10.1. The Hall–Kier alpha value is -3.38. The fourth-order valence-electron chi connectivity index (χ4n) is 2.76. The summed E-state index contributed by atoms with van der Waals surface area (Å²) < 4.78 is 23.9. The second-order valence-corrected chi connectivity index (χ2v) is 6.81. The number of aliphatic hydroxyl groups is 1. The van der Waals surface area contributed by atoms with E-state index in [4.69, 9.17) is 9.47 Å². The molecule has 30 heavy (non-hydrogen) atoms. The number of amides is 1. The molecule has 6 heteroatoms. The highest BCUT2D eigenvalue weighted by molar-refractivity contribution is 5.80. The molecule has 0 aliphatic rings. The zero-order valence-electron chi connectivity index (χ0n) is 16.6. The van der Waals surface area contributed by atoms with Crippen molar-refractivity contribution in [3.63, 3.8) is 0 Å². The first kappa shape index (κ1) is 21.3. The van der Waals surface area contributed by atoms with E-state index in [1.807, 2.05) is 54.6 Å². The topological polar surface area (TPSA) is 67.8 Å². The van der Waals surface area contributed by atoms with Crippen molar-refractivity contribution in [1.29, 1.82) is 0 Å². The normalized spacial score (nSPS) is 12.6. The zero-order valence-corrected chi connectivity index (χ0v) is 16.6. The van der Waals surface area contributed by atoms with Gasteiger partial charge < -0.3 is 19.9 Å². The van der Waals surface area contributed by atoms with Crippen molar-refractivity contribution in [2.45, 2.75) is 19.1 Å². The van der Waals surface area contributed by atoms with Gasteiger partial charge in [0.1, 0.15) is 30.0 Å². The number of hydrogen-bond acceptors (Lipinski definition) is 4. The number of halogens is 1. The van der Waals surface area contributed by atoms with Crippen LogP contribution in [0.5, 0.6) is 11.5 Å². The number of carbonyl (C=O) groups excluding carboxylic acids is 1. The van der Waals surface area contributed by atoms with E-state index in [1.54, 1.807) is 6.92 Å². The molecule has 0 bridgehead atoms. The van der Waals surface area contributed by atoms with Crippen LogP contribution in [0.3, 0.4) is 0 Å². The molecule has 0 radical (unpaired) electrons. The lowest BCUT2D eigenvalue weighted by Crippen LogP contribution is -2.41. The van der Waals surface area contributed by atoms with E-state index in [1.165, 1.54) is 24.3 Å². The number of benzene rings is 3. The van der Waals surface area contributed by atoms with Crippen LogP contribution in [0.1, 0.15) is 6.92 Å². The van der Waals surface area contributed by atoms with Crippen LogP contribution in [0.4, 0.5) is 4.39 Å². The van der Waals surface area contributed by atoms with Crippen molar-refractivity contribution in [3.05, 3.63) is 84.7 Å². The summed E-state index contributed by atoms with van der Waals surface area (Å²) in [6.07, 6.45) is -1.63. The van der Waals surface area contributed by atoms with Crippen LogP contribution in [-0.4, -0.2) is 36.4 Å². The first-order valence-electron chi connectivity index (χ1n) is 9.67. The largest absolute Gasteiger partial charge is 0.491 e. The van der Waals surface area contributed by atoms with Gasteiger partial charge in [0, 0.05) is 6.54 Å². The molecular weight excluding hydrogens is 385 g/mol. The highest BCUT2D eigenvalue weighted by Gasteiger charge is 2.16. The molecule has 0 aliphatic heterocycles. The predicted octanol–water partition coefficient (Wildman–Crippen LogP) is 3.82. The molecule has 3 aromatic carbocycles. The summed E-state index contributed by atoms with van der Waals surface area (Å²) in [5.41, 5.74) is 2.16. The van der Waals surface area contributed by atoms with Crippen LogP contribution in [-0.2, 0) is 4.79 Å². The molecule has 0 spiro atoms. The number of nitrogens with one attached hydrogen (secondary N) is 1. The summed E-state index contributed by atoms with van der Waals surface area (Å²) in [6, 6.07) is 23.0. The molecule has 0 saturated carbocycles. The SMILES string of the molecule is C[C@@H](Oc1ccc(-c2ccccc2)cc1)C(=O)NC[C@@H](O)COc1ccc(F)cc1. The molecule has 0 saturated heterocycles. The summed E-state index contributed by atoms with van der Waals surface area (Å²) >= 11 is 0. The quantitative estimate of drug-likeness (QED) is 0.564. The number of hydrogen-bond donors (Lipinski definition) is 2. The van der Waals surface area contributed by atoms with Crippen molar-refractivity contribution < 1.29 is 23.8 Å². The summed E-state index contributed by atoms with van der Waals surface area (Å²) in [5.74, 6) is 0.316. The van der Waals surface area contributed by atoms with Gasteiger partial charge in [0.25, 0.3) is 5.91 Å². The molecule has 0 aromatic heterocycles. The zero-order chi connectivity index (χ0) is 21.3. The molecule has 156 valence electrons. The maximum absolute atomic E-state index is 12.9. The monoisotopic (exact) mass is 409 g/mol. The molecule has 1 amide bonds. The lowest BCUT2D eigenvalue weighted by Gasteiger charge is -2.17. The maximum atomic E-state index is 12.9. The lowest BCUT2D eigenvalue weighted by molar-refractivity contribution is -0.127. The summed E-state index contributed by atoms with van der Waals surface area (Å²) in [5, 5.41) is 12.6. The Kier molecular flexibility index (Phi) is 7.40. The van der Waals surface area contributed by atoms with Crippen molar-refractivity contribution in [3.8, 4) is 22.6 Å². The Morgan fingerprint density at radius 1 is 0.933 bits per heavy atom. The van der Waals surface area contributed by atoms with E-state index in [9.17, 15) is 14.3 Å². The second kappa shape index (κ2) is 10.4. The average molecular weight is 409 g/mol. The van der Waals surface area contributed by atoms with E-state index < -0.39 is 12.2 Å². The Balaban J connectivity index is 1.42. The van der Waals surface area contributed by atoms with Gasteiger partial charge in [-0.15, -0.1) is 0 Å². The first-order valence-corrected chi connectivity index (χ1v) is 9.67. The van der Waals surface area contributed by atoms with Crippen LogP contribution in [0.2, 0.25) is 0 Å². The van der Waals surface area contributed by atoms with Crippen LogP contribution < -0.4 is 14.8 Å². The summed E-state index contributed by atoms with van der Waals surface area (Å²) in [6.45, 7) is 1.63. The van der Waals surface area contributed by atoms with Gasteiger partial charge in [0.2, 0.25) is 0 Å². The predicted molar refractivity (Wildman–Crippen MR) is 113 cm³/mol. The fraction of sp³-hybridized carbons (Fsp3) is 0.208. The minimum Gasteiger partial charge on any atom is -0.491 e. The number of rotatable bonds is 9. The molecule has 0 unspecified atom stereocenters. The van der Waals surface area contributed by atoms with Crippen molar-refractivity contribution in [1.82, 2.24) is 5.32 Å². The highest BCUT2D eigenvalue weighted by Crippen LogP contribution is 2.22. The second-order valence-electron chi connectivity index (χ2n) is 6.81. The van der Waals surface area contributed by atoms with E-state index in [0.717, 1.165) is 11.1 Å². The standard InChI is InChI=1S/C24H24FNO4/c1-17(30-23-11-7-19(8-12-23)18-5-3-2-4-6-18)24(28)26-15-21(27)16-29-22-13-9-20(25)10-14-22/h2-14,17,21,27H,15-16H2,1H3,(H,26,28)/t17-,21-/m1/s1. The van der Waals surface area contributed by atoms with Crippen molar-refractivity contribution in [2.24, 2.45) is 0 Å². The smallest absolute Gasteiger partial charge is 0.260 e. The molecular formula is C24H24FNO4. The molecule has 0 heterocycles. The summed E-state index contributed by atoms with van der Waals surface area (Å²) in [4.78, 5) is 12.2. The minimum atomic E-state index is -0.906. The third-order valence-corrected chi connectivity index (χ3v) is 4.41. The fourth-order valence-corrected chi connectivity index (χ4v) is 2.76. The Labute approximate surface area is 175 Å². The van der Waals surface area contributed by atoms with Gasteiger partial charge in [-0.2, -0.15) is 0 Å². The molecule has 0 aliphatic carbocycles. The Morgan fingerprint density at radius 3 is 2.20 bits per heavy atom. The van der Waals surface area contributed by atoms with E-state index in [0.29, 0.717) is 11.5 Å². The van der Waals surface area contributed by atoms with Gasteiger partial charge in [-0.05, 0) is 54.4 Å². The van der Waals surface area contributed by atoms with E-state index in [-0.39, 0.29) is 24.9 Å². The number of ether oxygens (including phenoxy) is 2.